The quantitative estimate of drug-likeness (QED) is 0.693. The number of hydrogen-bond donors (Lipinski definition) is 1. The predicted molar refractivity (Wildman–Crippen MR) is 79.7 cm³/mol. The van der Waals surface area contributed by atoms with Crippen LogP contribution >= 0.6 is 0 Å². The number of fused-ring (bicyclic) bond motifs is 3. The van der Waals surface area contributed by atoms with E-state index in [0.717, 1.165) is 23.9 Å². The Morgan fingerprint density at radius 1 is 1.14 bits per heavy atom. The zero-order valence-electron chi connectivity index (χ0n) is 12.0. The topological polar surface area (TPSA) is 46.6 Å². The van der Waals surface area contributed by atoms with Crippen LogP contribution in [0.2, 0.25) is 0 Å². The maximum Gasteiger partial charge on any atom is 0.404 e. The van der Waals surface area contributed by atoms with Gasteiger partial charge in [-0.15, -0.1) is 0 Å². The Morgan fingerprint density at radius 2 is 1.95 bits per heavy atom. The summed E-state index contributed by atoms with van der Waals surface area (Å²) in [5, 5.41) is 12.5. The molecule has 0 unspecified atom stereocenters. The first-order valence-corrected chi connectivity index (χ1v) is 7.02. The average Bonchev–Trinajstić information content (AvgIpc) is 2.91. The van der Waals surface area contributed by atoms with E-state index < -0.39 is 0 Å². The summed E-state index contributed by atoms with van der Waals surface area (Å²) in [4.78, 5) is 1.66. The third kappa shape index (κ3) is 1.89. The standard InChI is InChI=1S/C16H16N5/c1-11-8-12(2)15-13(9-11)10-17-16-18-21(19-20(15)16)14-6-4-3-5-7-14/h3-9H,10H2,1-2H3,(H,17,18,19)/q+1. The molecule has 0 bridgehead atoms. The van der Waals surface area contributed by atoms with Gasteiger partial charge in [0.15, 0.2) is 0 Å². The molecule has 21 heavy (non-hydrogen) atoms. The maximum atomic E-state index is 4.61. The number of rotatable bonds is 1. The molecule has 1 aliphatic heterocycles. The van der Waals surface area contributed by atoms with E-state index in [-0.39, 0.29) is 0 Å². The minimum absolute atomic E-state index is 0.776. The average molecular weight is 278 g/mol. The van der Waals surface area contributed by atoms with Crippen molar-refractivity contribution in [1.82, 2.24) is 15.1 Å². The van der Waals surface area contributed by atoms with Crippen LogP contribution in [0.3, 0.4) is 0 Å². The maximum absolute atomic E-state index is 4.61. The van der Waals surface area contributed by atoms with Crippen LogP contribution in [0, 0.1) is 13.8 Å². The largest absolute Gasteiger partial charge is 0.404 e. The minimum Gasteiger partial charge on any atom is -0.286 e. The van der Waals surface area contributed by atoms with Crippen LogP contribution in [-0.2, 0) is 6.54 Å². The van der Waals surface area contributed by atoms with Crippen LogP contribution in [0.25, 0.3) is 11.4 Å². The van der Waals surface area contributed by atoms with Gasteiger partial charge in [-0.2, -0.15) is 0 Å². The number of aromatic nitrogens is 4. The molecule has 0 fully saturated rings. The fourth-order valence-corrected chi connectivity index (χ4v) is 2.87. The molecule has 3 aromatic rings. The Balaban J connectivity index is 1.90. The monoisotopic (exact) mass is 278 g/mol. The van der Waals surface area contributed by atoms with Crippen molar-refractivity contribution >= 4 is 5.95 Å². The molecule has 1 aliphatic rings. The summed E-state index contributed by atoms with van der Waals surface area (Å²) >= 11 is 0. The van der Waals surface area contributed by atoms with Crippen molar-refractivity contribution in [3.05, 3.63) is 59.2 Å². The minimum atomic E-state index is 0.776. The molecule has 1 N–H and O–H groups in total. The highest BCUT2D eigenvalue weighted by atomic mass is 15.7. The van der Waals surface area contributed by atoms with Crippen molar-refractivity contribution in [2.24, 2.45) is 0 Å². The van der Waals surface area contributed by atoms with Gasteiger partial charge in [0.2, 0.25) is 0 Å². The van der Waals surface area contributed by atoms with Gasteiger partial charge in [0.25, 0.3) is 0 Å². The summed E-state index contributed by atoms with van der Waals surface area (Å²) < 4.78 is 1.89. The first-order chi connectivity index (χ1) is 10.2. The van der Waals surface area contributed by atoms with Crippen molar-refractivity contribution in [3.8, 4) is 11.4 Å². The molecule has 104 valence electrons. The highest BCUT2D eigenvalue weighted by Gasteiger charge is 2.28. The Labute approximate surface area is 122 Å². The van der Waals surface area contributed by atoms with Gasteiger partial charge in [-0.3, -0.25) is 5.32 Å². The molecule has 0 aliphatic carbocycles. The van der Waals surface area contributed by atoms with E-state index in [1.807, 2.05) is 35.0 Å². The van der Waals surface area contributed by atoms with Gasteiger partial charge in [-0.1, -0.05) is 40.6 Å². The van der Waals surface area contributed by atoms with Crippen molar-refractivity contribution < 1.29 is 4.68 Å². The Bertz CT molecular complexity index is 820. The van der Waals surface area contributed by atoms with Crippen LogP contribution in [-0.4, -0.2) is 15.1 Å². The second kappa shape index (κ2) is 4.41. The summed E-state index contributed by atoms with van der Waals surface area (Å²) in [5.41, 5.74) is 5.83. The van der Waals surface area contributed by atoms with Crippen LogP contribution in [0.15, 0.2) is 42.5 Å². The second-order valence-electron chi connectivity index (χ2n) is 5.39. The number of para-hydroxylation sites is 1. The van der Waals surface area contributed by atoms with E-state index in [0.29, 0.717) is 0 Å². The van der Waals surface area contributed by atoms with Crippen molar-refractivity contribution in [3.63, 3.8) is 0 Å². The van der Waals surface area contributed by atoms with Crippen LogP contribution in [0.4, 0.5) is 5.95 Å². The van der Waals surface area contributed by atoms with Gasteiger partial charge in [0, 0.05) is 10.8 Å². The molecule has 4 rings (SSSR count). The molecule has 0 amide bonds. The number of aryl methyl sites for hydroxylation is 2. The van der Waals surface area contributed by atoms with E-state index >= 15 is 0 Å². The van der Waals surface area contributed by atoms with Crippen LogP contribution in [0.5, 0.6) is 0 Å². The zero-order valence-corrected chi connectivity index (χ0v) is 12.0. The normalized spacial score (nSPS) is 12.5. The van der Waals surface area contributed by atoms with E-state index in [4.69, 9.17) is 0 Å². The lowest BCUT2D eigenvalue weighted by Crippen LogP contribution is -2.42. The Hall–Kier alpha value is -2.69. The van der Waals surface area contributed by atoms with Crippen molar-refractivity contribution in [2.45, 2.75) is 20.4 Å². The molecule has 0 saturated heterocycles. The number of anilines is 1. The van der Waals surface area contributed by atoms with Crippen molar-refractivity contribution in [2.75, 3.05) is 5.32 Å². The smallest absolute Gasteiger partial charge is 0.286 e. The Kier molecular flexibility index (Phi) is 2.54. The lowest BCUT2D eigenvalue weighted by Gasteiger charge is -2.15. The number of nitrogens with zero attached hydrogens (tertiary/aromatic N) is 4. The first-order valence-electron chi connectivity index (χ1n) is 7.02. The van der Waals surface area contributed by atoms with Gasteiger partial charge in [-0.25, -0.2) is 0 Å². The Morgan fingerprint density at radius 3 is 2.76 bits per heavy atom. The highest BCUT2D eigenvalue weighted by Crippen LogP contribution is 2.22. The molecule has 2 aromatic carbocycles. The fourth-order valence-electron chi connectivity index (χ4n) is 2.87. The summed E-state index contributed by atoms with van der Waals surface area (Å²) in [6.07, 6.45) is 0. The van der Waals surface area contributed by atoms with E-state index in [9.17, 15) is 0 Å². The predicted octanol–water partition coefficient (Wildman–Crippen LogP) is 2.09. The summed E-state index contributed by atoms with van der Waals surface area (Å²) in [6, 6.07) is 14.3. The van der Waals surface area contributed by atoms with Gasteiger partial charge in [0.1, 0.15) is 11.4 Å². The molecular formula is C16H16N5+. The molecule has 2 heterocycles. The molecular weight excluding hydrogens is 262 g/mol. The van der Waals surface area contributed by atoms with Crippen molar-refractivity contribution in [1.29, 1.82) is 0 Å². The van der Waals surface area contributed by atoms with Gasteiger partial charge in [0.05, 0.1) is 11.6 Å². The van der Waals surface area contributed by atoms with E-state index in [1.165, 1.54) is 16.7 Å². The SMILES string of the molecule is Cc1cc(C)c2c(c1)CNc1nn(-c3ccccc3)n[n+]1-2. The third-order valence-corrected chi connectivity index (χ3v) is 3.72. The number of hydrogen-bond acceptors (Lipinski definition) is 3. The van der Waals surface area contributed by atoms with Gasteiger partial charge in [-0.05, 0) is 36.3 Å². The second-order valence-corrected chi connectivity index (χ2v) is 5.39. The summed E-state index contributed by atoms with van der Waals surface area (Å²) in [5.74, 6) is 0.776. The third-order valence-electron chi connectivity index (χ3n) is 3.72. The number of benzene rings is 2. The zero-order chi connectivity index (χ0) is 14.4. The highest BCUT2D eigenvalue weighted by molar-refractivity contribution is 5.48. The fraction of sp³-hybridized carbons (Fsp3) is 0.188. The molecule has 0 atom stereocenters. The molecule has 0 saturated carbocycles. The van der Waals surface area contributed by atoms with E-state index in [2.05, 4.69) is 41.6 Å². The van der Waals surface area contributed by atoms with Crippen LogP contribution < -0.4 is 10.00 Å². The summed E-state index contributed by atoms with van der Waals surface area (Å²) in [6.45, 7) is 5.02. The van der Waals surface area contributed by atoms with Gasteiger partial charge >= 0.3 is 5.95 Å². The molecule has 0 radical (unpaired) electrons. The molecule has 0 spiro atoms. The molecule has 5 heteroatoms. The van der Waals surface area contributed by atoms with E-state index in [1.54, 1.807) is 4.80 Å². The van der Waals surface area contributed by atoms with Crippen LogP contribution in [0.1, 0.15) is 16.7 Å². The lowest BCUT2D eigenvalue weighted by atomic mass is 10.0. The molecule has 1 aromatic heterocycles. The number of tetrazole rings is 1. The molecule has 5 nitrogen and oxygen atoms in total. The number of nitrogens with one attached hydrogen (secondary N) is 1. The lowest BCUT2D eigenvalue weighted by molar-refractivity contribution is -0.650. The first kappa shape index (κ1) is 12.1. The summed E-state index contributed by atoms with van der Waals surface area (Å²) in [7, 11) is 0. The van der Waals surface area contributed by atoms with Gasteiger partial charge < -0.3 is 0 Å².